The Bertz CT molecular complexity index is 584. The Morgan fingerprint density at radius 1 is 0.696 bits per heavy atom. The van der Waals surface area contributed by atoms with Crippen molar-refractivity contribution in [1.82, 2.24) is 0 Å². The van der Waals surface area contributed by atoms with Gasteiger partial charge in [0.25, 0.3) is 0 Å². The maximum Gasteiger partial charge on any atom is 2.00 e. The molecule has 2 aromatic carbocycles. The molecule has 0 aromatic heterocycles. The maximum atomic E-state index is 10.5. The first-order valence-electron chi connectivity index (χ1n) is 6.88. The second-order valence-electron chi connectivity index (χ2n) is 4.51. The summed E-state index contributed by atoms with van der Waals surface area (Å²) in [7, 11) is 0. The summed E-state index contributed by atoms with van der Waals surface area (Å²) in [4.78, 5) is 20.9. The molecule has 0 aliphatic carbocycles. The van der Waals surface area contributed by atoms with Crippen LogP contribution in [0.5, 0.6) is 0 Å². The fourth-order valence-electron chi connectivity index (χ4n) is 1.47. The van der Waals surface area contributed by atoms with Crippen molar-refractivity contribution in [3.63, 3.8) is 0 Å². The third-order valence-corrected chi connectivity index (χ3v) is 2.48. The Kier molecular flexibility index (Phi) is 11.4. The van der Waals surface area contributed by atoms with Gasteiger partial charge >= 0.3 is 21.1 Å². The van der Waals surface area contributed by atoms with Crippen molar-refractivity contribution in [2.24, 2.45) is 0 Å². The minimum Gasteiger partial charge on any atom is -0.317 e. The van der Waals surface area contributed by atoms with E-state index >= 15 is 0 Å². The molecule has 2 aromatic rings. The van der Waals surface area contributed by atoms with Gasteiger partial charge in [0.2, 0.25) is 0 Å². The van der Waals surface area contributed by atoms with E-state index in [2.05, 4.69) is 12.2 Å². The molecule has 0 saturated carbocycles. The molecule has 0 spiro atoms. The molecule has 23 heavy (non-hydrogen) atoms. The summed E-state index contributed by atoms with van der Waals surface area (Å²) in [5, 5.41) is 0. The molecule has 0 amide bonds. The van der Waals surface area contributed by atoms with Gasteiger partial charge in [-0.15, -0.1) is 24.3 Å². The van der Waals surface area contributed by atoms with E-state index in [-0.39, 0.29) is 32.6 Å². The van der Waals surface area contributed by atoms with Gasteiger partial charge in [-0.1, -0.05) is 36.4 Å². The standard InChI is InChI=1S/2C10H9O.Pt/c2*1-9(11)7-8-10-5-3-2-4-6-10;/h2*2-6,8H,1H3;/q2*-1;+2. The van der Waals surface area contributed by atoms with E-state index < -0.39 is 0 Å². The number of rotatable bonds is 4. The van der Waals surface area contributed by atoms with Gasteiger partial charge in [-0.25, -0.2) is 24.3 Å². The van der Waals surface area contributed by atoms with E-state index in [1.54, 1.807) is 12.2 Å². The average molecular weight is 485 g/mol. The molecule has 0 fully saturated rings. The normalized spacial score (nSPS) is 9.83. The summed E-state index contributed by atoms with van der Waals surface area (Å²) in [6.45, 7) is 2.97. The zero-order valence-electron chi connectivity index (χ0n) is 13.1. The van der Waals surface area contributed by atoms with Crippen molar-refractivity contribution in [2.45, 2.75) is 13.8 Å². The van der Waals surface area contributed by atoms with Crippen LogP contribution in [-0.2, 0) is 30.7 Å². The fourth-order valence-corrected chi connectivity index (χ4v) is 1.47. The third-order valence-electron chi connectivity index (χ3n) is 2.48. The molecule has 120 valence electrons. The first-order chi connectivity index (χ1) is 10.6. The summed E-state index contributed by atoms with van der Waals surface area (Å²) in [5.41, 5.74) is 2.01. The molecule has 0 aliphatic heterocycles. The molecular formula is C20H18O2Pt. The van der Waals surface area contributed by atoms with Gasteiger partial charge < -0.3 is 9.59 Å². The molecule has 0 saturated heterocycles. The Balaban J connectivity index is 0.000000403. The number of hydrogen-bond donors (Lipinski definition) is 0. The van der Waals surface area contributed by atoms with Crippen molar-refractivity contribution in [3.05, 3.63) is 83.9 Å². The Morgan fingerprint density at radius 3 is 1.26 bits per heavy atom. The summed E-state index contributed by atoms with van der Waals surface area (Å²) >= 11 is 0. The quantitative estimate of drug-likeness (QED) is 0.481. The van der Waals surface area contributed by atoms with E-state index in [4.69, 9.17) is 0 Å². The van der Waals surface area contributed by atoms with Gasteiger partial charge in [0.15, 0.2) is 0 Å². The topological polar surface area (TPSA) is 34.1 Å². The zero-order valence-corrected chi connectivity index (χ0v) is 15.3. The Hall–Kier alpha value is -2.05. The largest absolute Gasteiger partial charge is 2.00 e. The number of hydrogen-bond acceptors (Lipinski definition) is 2. The Morgan fingerprint density at radius 2 is 1.00 bits per heavy atom. The van der Waals surface area contributed by atoms with E-state index in [1.807, 2.05) is 60.7 Å². The van der Waals surface area contributed by atoms with E-state index in [0.29, 0.717) is 0 Å². The number of carbonyl (C=O) groups is 2. The second-order valence-corrected chi connectivity index (χ2v) is 4.51. The first-order valence-corrected chi connectivity index (χ1v) is 6.88. The van der Waals surface area contributed by atoms with Crippen molar-refractivity contribution in [3.8, 4) is 0 Å². The van der Waals surface area contributed by atoms with Crippen LogP contribution in [0.15, 0.2) is 60.7 Å². The SMILES string of the molecule is CC(=O)[C-]=Cc1ccccc1.CC(=O)[C-]=Cc1ccccc1.[Pt+2]. The van der Waals surface area contributed by atoms with Crippen LogP contribution in [-0.4, -0.2) is 11.6 Å². The van der Waals surface area contributed by atoms with Gasteiger partial charge in [-0.05, 0) is 13.8 Å². The molecule has 2 nitrogen and oxygen atoms in total. The van der Waals surface area contributed by atoms with Crippen molar-refractivity contribution >= 4 is 23.7 Å². The average Bonchev–Trinajstić information content (AvgIpc) is 2.53. The third kappa shape index (κ3) is 11.2. The van der Waals surface area contributed by atoms with Crippen LogP contribution in [0.3, 0.4) is 0 Å². The van der Waals surface area contributed by atoms with Crippen LogP contribution >= 0.6 is 0 Å². The number of Topliss-reactive ketones (excluding diaryl/α,β-unsaturated/α-hetero) is 2. The molecular weight excluding hydrogens is 467 g/mol. The Labute approximate surface area is 152 Å². The van der Waals surface area contributed by atoms with Gasteiger partial charge in [-0.2, -0.15) is 11.1 Å². The molecule has 0 bridgehead atoms. The smallest absolute Gasteiger partial charge is 0.317 e. The summed E-state index contributed by atoms with van der Waals surface area (Å²) < 4.78 is 0. The van der Waals surface area contributed by atoms with Crippen molar-refractivity contribution in [2.75, 3.05) is 0 Å². The van der Waals surface area contributed by atoms with Gasteiger partial charge in [0.1, 0.15) is 0 Å². The first kappa shape index (κ1) is 20.9. The van der Waals surface area contributed by atoms with Crippen LogP contribution in [0.2, 0.25) is 0 Å². The maximum absolute atomic E-state index is 10.5. The summed E-state index contributed by atoms with van der Waals surface area (Å²) in [6.07, 6.45) is 8.56. The predicted octanol–water partition coefficient (Wildman–Crippen LogP) is 4.18. The number of ketones is 2. The molecule has 0 unspecified atom stereocenters. The van der Waals surface area contributed by atoms with Crippen LogP contribution in [0.25, 0.3) is 12.2 Å². The van der Waals surface area contributed by atoms with Gasteiger partial charge in [0.05, 0.1) is 11.6 Å². The van der Waals surface area contributed by atoms with Gasteiger partial charge in [0, 0.05) is 0 Å². The summed E-state index contributed by atoms with van der Waals surface area (Å²) in [6, 6.07) is 19.3. The minimum absolute atomic E-state index is 0. The fraction of sp³-hybridized carbons (Fsp3) is 0.100. The van der Waals surface area contributed by atoms with E-state index in [0.717, 1.165) is 11.1 Å². The van der Waals surface area contributed by atoms with Crippen LogP contribution in [0.4, 0.5) is 0 Å². The van der Waals surface area contributed by atoms with Crippen molar-refractivity contribution in [1.29, 1.82) is 0 Å². The number of benzene rings is 2. The van der Waals surface area contributed by atoms with Crippen LogP contribution in [0, 0.1) is 12.2 Å². The number of allylic oxidation sites excluding steroid dienone is 2. The van der Waals surface area contributed by atoms with Crippen LogP contribution < -0.4 is 0 Å². The molecule has 0 atom stereocenters. The zero-order chi connectivity index (χ0) is 16.2. The van der Waals surface area contributed by atoms with E-state index in [9.17, 15) is 9.59 Å². The summed E-state index contributed by atoms with van der Waals surface area (Å²) in [5.74, 6) is -0.0947. The molecule has 2 rings (SSSR count). The second kappa shape index (κ2) is 12.5. The molecule has 0 N–H and O–H groups in total. The minimum atomic E-state index is -0.0474. The van der Waals surface area contributed by atoms with E-state index in [1.165, 1.54) is 13.8 Å². The molecule has 0 radical (unpaired) electrons. The van der Waals surface area contributed by atoms with Gasteiger partial charge in [-0.3, -0.25) is 0 Å². The predicted molar refractivity (Wildman–Crippen MR) is 89.7 cm³/mol. The molecule has 3 heteroatoms. The monoisotopic (exact) mass is 485 g/mol. The molecule has 0 heterocycles. The molecule has 0 aliphatic rings. The number of carbonyl (C=O) groups excluding carboxylic acids is 2. The van der Waals surface area contributed by atoms with Crippen molar-refractivity contribution < 1.29 is 30.7 Å². The van der Waals surface area contributed by atoms with Crippen LogP contribution in [0.1, 0.15) is 25.0 Å².